The number of nitrogens with zero attached hydrogens (tertiary/aromatic N) is 2. The lowest BCUT2D eigenvalue weighted by atomic mass is 10.1. The van der Waals surface area contributed by atoms with Crippen LogP contribution in [0.3, 0.4) is 0 Å². The molecule has 0 radical (unpaired) electrons. The summed E-state index contributed by atoms with van der Waals surface area (Å²) in [6.45, 7) is 6.33. The third-order valence-corrected chi connectivity index (χ3v) is 5.29. The van der Waals surface area contributed by atoms with Crippen LogP contribution >= 0.6 is 11.8 Å². The van der Waals surface area contributed by atoms with Crippen LogP contribution in [0, 0.1) is 13.8 Å². The summed E-state index contributed by atoms with van der Waals surface area (Å²) in [7, 11) is 1.73. The fourth-order valence-corrected chi connectivity index (χ4v) is 3.75. The monoisotopic (exact) mass is 382 g/mol. The van der Waals surface area contributed by atoms with Crippen molar-refractivity contribution in [2.75, 3.05) is 13.7 Å². The number of rotatable bonds is 4. The maximum Gasteiger partial charge on any atom is 0.266 e. The van der Waals surface area contributed by atoms with Gasteiger partial charge in [0.15, 0.2) is 16.7 Å². The molecule has 0 bridgehead atoms. The van der Waals surface area contributed by atoms with E-state index in [0.29, 0.717) is 22.4 Å². The van der Waals surface area contributed by atoms with E-state index in [0.717, 1.165) is 22.4 Å². The van der Waals surface area contributed by atoms with Crippen molar-refractivity contribution in [3.63, 3.8) is 0 Å². The third kappa shape index (κ3) is 4.01. The summed E-state index contributed by atoms with van der Waals surface area (Å²) in [4.78, 5) is 19.5. The number of carbonyl (C=O) groups is 1. The van der Waals surface area contributed by atoms with E-state index in [1.54, 1.807) is 36.2 Å². The fraction of sp³-hybridized carbons (Fsp3) is 0.238. The predicted octanol–water partition coefficient (Wildman–Crippen LogP) is 4.64. The Balaban J connectivity index is 1.93. The van der Waals surface area contributed by atoms with E-state index in [2.05, 4.69) is 0 Å². The molecule has 0 unspecified atom stereocenters. The highest BCUT2D eigenvalue weighted by Crippen LogP contribution is 2.36. The van der Waals surface area contributed by atoms with Gasteiger partial charge in [-0.3, -0.25) is 9.69 Å². The third-order valence-electron chi connectivity index (χ3n) is 4.23. The zero-order chi connectivity index (χ0) is 19.6. The van der Waals surface area contributed by atoms with Gasteiger partial charge in [-0.1, -0.05) is 24.3 Å². The average molecular weight is 382 g/mol. The van der Waals surface area contributed by atoms with E-state index >= 15 is 0 Å². The molecular weight excluding hydrogens is 360 g/mol. The van der Waals surface area contributed by atoms with Crippen LogP contribution in [0.1, 0.15) is 23.6 Å². The SMILES string of the molecule is CCOc1cc(/C=C2\SC(=Nc3c(C)cccc3C)N(C)C2=O)ccc1O. The molecule has 1 fully saturated rings. The van der Waals surface area contributed by atoms with Crippen molar-refractivity contribution in [3.05, 3.63) is 58.0 Å². The summed E-state index contributed by atoms with van der Waals surface area (Å²) in [6.07, 6.45) is 1.79. The zero-order valence-electron chi connectivity index (χ0n) is 15.8. The summed E-state index contributed by atoms with van der Waals surface area (Å²) >= 11 is 1.34. The largest absolute Gasteiger partial charge is 0.504 e. The minimum atomic E-state index is -0.101. The second-order valence-corrected chi connectivity index (χ2v) is 7.28. The molecule has 140 valence electrons. The van der Waals surface area contributed by atoms with Crippen LogP contribution in [0.5, 0.6) is 11.5 Å². The Labute approximate surface area is 163 Å². The normalized spacial score (nSPS) is 17.2. The number of para-hydroxylation sites is 1. The maximum absolute atomic E-state index is 12.6. The van der Waals surface area contributed by atoms with Crippen molar-refractivity contribution in [1.82, 2.24) is 4.90 Å². The molecule has 3 rings (SSSR count). The molecule has 1 amide bonds. The Morgan fingerprint density at radius 1 is 1.22 bits per heavy atom. The molecule has 0 saturated carbocycles. The molecular formula is C21H22N2O3S. The molecule has 1 heterocycles. The van der Waals surface area contributed by atoms with Crippen LogP contribution in [0.4, 0.5) is 5.69 Å². The predicted molar refractivity (Wildman–Crippen MR) is 111 cm³/mol. The summed E-state index contributed by atoms with van der Waals surface area (Å²) in [5, 5.41) is 10.5. The number of aromatic hydroxyl groups is 1. The highest BCUT2D eigenvalue weighted by Gasteiger charge is 2.30. The van der Waals surface area contributed by atoms with Gasteiger partial charge in [0.25, 0.3) is 5.91 Å². The smallest absolute Gasteiger partial charge is 0.266 e. The van der Waals surface area contributed by atoms with Gasteiger partial charge in [-0.15, -0.1) is 0 Å². The summed E-state index contributed by atoms with van der Waals surface area (Å²) in [5.41, 5.74) is 3.82. The van der Waals surface area contributed by atoms with Crippen molar-refractivity contribution >= 4 is 34.6 Å². The first-order valence-corrected chi connectivity index (χ1v) is 9.50. The summed E-state index contributed by atoms with van der Waals surface area (Å²) in [5.74, 6) is 0.384. The molecule has 0 atom stereocenters. The number of hydrogen-bond donors (Lipinski definition) is 1. The standard InChI is InChI=1S/C21H22N2O3S/c1-5-26-17-11-15(9-10-16(17)24)12-18-20(25)23(4)21(27-18)22-19-13(2)7-6-8-14(19)3/h6-12,24H,5H2,1-4H3/b18-12-,22-21?. The number of amides is 1. The second-order valence-electron chi connectivity index (χ2n) is 6.27. The number of phenolic OH excluding ortho intramolecular Hbond substituents is 1. The Bertz CT molecular complexity index is 930. The topological polar surface area (TPSA) is 62.1 Å². The van der Waals surface area contributed by atoms with Crippen molar-refractivity contribution in [2.45, 2.75) is 20.8 Å². The Kier molecular flexibility index (Phi) is 5.56. The number of amidine groups is 1. The number of carbonyl (C=O) groups excluding carboxylic acids is 1. The van der Waals surface area contributed by atoms with Crippen LogP contribution < -0.4 is 4.74 Å². The first-order valence-electron chi connectivity index (χ1n) is 8.69. The average Bonchev–Trinajstić information content (AvgIpc) is 2.89. The van der Waals surface area contributed by atoms with Gasteiger partial charge in [0.05, 0.1) is 17.2 Å². The zero-order valence-corrected chi connectivity index (χ0v) is 16.6. The molecule has 0 spiro atoms. The highest BCUT2D eigenvalue weighted by molar-refractivity contribution is 8.18. The number of benzene rings is 2. The van der Waals surface area contributed by atoms with E-state index < -0.39 is 0 Å². The van der Waals surface area contributed by atoms with Crippen LogP contribution in [0.2, 0.25) is 0 Å². The Morgan fingerprint density at radius 2 is 1.93 bits per heavy atom. The van der Waals surface area contributed by atoms with Gasteiger partial charge >= 0.3 is 0 Å². The number of hydrogen-bond acceptors (Lipinski definition) is 5. The van der Waals surface area contributed by atoms with Crippen LogP contribution in [0.25, 0.3) is 6.08 Å². The Hall–Kier alpha value is -2.73. The van der Waals surface area contributed by atoms with Gasteiger partial charge in [-0.2, -0.15) is 0 Å². The number of thioether (sulfide) groups is 1. The minimum Gasteiger partial charge on any atom is -0.504 e. The lowest BCUT2D eigenvalue weighted by Crippen LogP contribution is -2.23. The van der Waals surface area contributed by atoms with Crippen LogP contribution in [-0.4, -0.2) is 34.7 Å². The van der Waals surface area contributed by atoms with E-state index in [9.17, 15) is 9.90 Å². The van der Waals surface area contributed by atoms with E-state index in [4.69, 9.17) is 9.73 Å². The van der Waals surface area contributed by atoms with Gasteiger partial charge in [0.1, 0.15) is 0 Å². The Morgan fingerprint density at radius 3 is 2.59 bits per heavy atom. The number of phenols is 1. The lowest BCUT2D eigenvalue weighted by molar-refractivity contribution is -0.121. The number of aliphatic imine (C=N–C) groups is 1. The molecule has 1 aliphatic rings. The summed E-state index contributed by atoms with van der Waals surface area (Å²) in [6, 6.07) is 11.1. The van der Waals surface area contributed by atoms with Gasteiger partial charge in [-0.25, -0.2) is 4.99 Å². The van der Waals surface area contributed by atoms with Gasteiger partial charge in [-0.05, 0) is 67.4 Å². The molecule has 1 saturated heterocycles. The van der Waals surface area contributed by atoms with Crippen molar-refractivity contribution in [3.8, 4) is 11.5 Å². The molecule has 2 aromatic rings. The van der Waals surface area contributed by atoms with E-state index in [1.807, 2.05) is 39.0 Å². The number of likely N-dealkylation sites (N-methyl/N-ethyl adjacent to an activating group) is 1. The molecule has 2 aromatic carbocycles. The first kappa shape index (κ1) is 19.0. The van der Waals surface area contributed by atoms with E-state index in [-0.39, 0.29) is 11.7 Å². The number of ether oxygens (including phenoxy) is 1. The second kappa shape index (κ2) is 7.88. The molecule has 0 aliphatic carbocycles. The van der Waals surface area contributed by atoms with E-state index in [1.165, 1.54) is 11.8 Å². The van der Waals surface area contributed by atoms with Crippen LogP contribution in [0.15, 0.2) is 46.3 Å². The van der Waals surface area contributed by atoms with Gasteiger partial charge < -0.3 is 9.84 Å². The first-order chi connectivity index (χ1) is 12.9. The van der Waals surface area contributed by atoms with Crippen molar-refractivity contribution in [2.24, 2.45) is 4.99 Å². The minimum absolute atomic E-state index is 0.0822. The number of aryl methyl sites for hydroxylation is 2. The molecule has 6 heteroatoms. The molecule has 1 N–H and O–H groups in total. The maximum atomic E-state index is 12.6. The highest BCUT2D eigenvalue weighted by atomic mass is 32.2. The molecule has 5 nitrogen and oxygen atoms in total. The molecule has 27 heavy (non-hydrogen) atoms. The quantitative estimate of drug-likeness (QED) is 0.783. The van der Waals surface area contributed by atoms with Gasteiger partial charge in [0, 0.05) is 7.05 Å². The van der Waals surface area contributed by atoms with Crippen molar-refractivity contribution < 1.29 is 14.6 Å². The summed E-state index contributed by atoms with van der Waals surface area (Å²) < 4.78 is 5.41. The molecule has 1 aliphatic heterocycles. The lowest BCUT2D eigenvalue weighted by Gasteiger charge is -2.09. The van der Waals surface area contributed by atoms with Crippen molar-refractivity contribution in [1.29, 1.82) is 0 Å². The van der Waals surface area contributed by atoms with Gasteiger partial charge in [0.2, 0.25) is 0 Å². The van der Waals surface area contributed by atoms with Crippen LogP contribution in [-0.2, 0) is 4.79 Å². The fourth-order valence-electron chi connectivity index (χ4n) is 2.77. The molecule has 0 aromatic heterocycles.